The SMILES string of the molecule is CCCC(=O)N=C1S[C@@H]2CS(=O)(=O)C[C@H]2N1CC. The Hall–Kier alpha value is -0.560. The Morgan fingerprint density at radius 3 is 2.78 bits per heavy atom. The summed E-state index contributed by atoms with van der Waals surface area (Å²) in [5.41, 5.74) is 0. The van der Waals surface area contributed by atoms with Gasteiger partial charge in [0.25, 0.3) is 0 Å². The van der Waals surface area contributed by atoms with Crippen LogP contribution in [0.1, 0.15) is 26.7 Å². The van der Waals surface area contributed by atoms with E-state index in [1.807, 2.05) is 18.7 Å². The van der Waals surface area contributed by atoms with E-state index in [0.29, 0.717) is 18.1 Å². The molecule has 0 aromatic carbocycles. The molecule has 2 atom stereocenters. The highest BCUT2D eigenvalue weighted by molar-refractivity contribution is 8.15. The normalized spacial score (nSPS) is 31.9. The van der Waals surface area contributed by atoms with Crippen molar-refractivity contribution >= 4 is 32.7 Å². The summed E-state index contributed by atoms with van der Waals surface area (Å²) in [5, 5.41) is 0.754. The fourth-order valence-corrected chi connectivity index (χ4v) is 6.41. The van der Waals surface area contributed by atoms with Crippen molar-refractivity contribution in [2.24, 2.45) is 4.99 Å². The minimum absolute atomic E-state index is 0.00169. The number of carbonyl (C=O) groups excluding carboxylic acids is 1. The van der Waals surface area contributed by atoms with Gasteiger partial charge in [-0.05, 0) is 13.3 Å². The molecule has 0 aliphatic carbocycles. The van der Waals surface area contributed by atoms with E-state index in [-0.39, 0.29) is 28.7 Å². The van der Waals surface area contributed by atoms with Crippen molar-refractivity contribution in [3.63, 3.8) is 0 Å². The van der Waals surface area contributed by atoms with Crippen LogP contribution >= 0.6 is 11.8 Å². The number of carbonyl (C=O) groups is 1. The second-order valence-electron chi connectivity index (χ2n) is 4.62. The molecular formula is C11H18N2O3S2. The van der Waals surface area contributed by atoms with E-state index in [4.69, 9.17) is 0 Å². The van der Waals surface area contributed by atoms with Crippen LogP contribution in [0, 0.1) is 0 Å². The van der Waals surface area contributed by atoms with Gasteiger partial charge in [-0.2, -0.15) is 4.99 Å². The molecule has 18 heavy (non-hydrogen) atoms. The molecule has 0 bridgehead atoms. The van der Waals surface area contributed by atoms with E-state index in [2.05, 4.69) is 4.99 Å². The first-order valence-corrected chi connectivity index (χ1v) is 8.92. The van der Waals surface area contributed by atoms with Crippen molar-refractivity contribution in [3.05, 3.63) is 0 Å². The zero-order chi connectivity index (χ0) is 13.3. The Labute approximate surface area is 112 Å². The molecule has 0 aromatic rings. The molecule has 1 amide bonds. The van der Waals surface area contributed by atoms with E-state index >= 15 is 0 Å². The lowest BCUT2D eigenvalue weighted by atomic mass is 10.2. The quantitative estimate of drug-likeness (QED) is 0.772. The van der Waals surface area contributed by atoms with Gasteiger partial charge in [0.2, 0.25) is 5.91 Å². The first-order valence-electron chi connectivity index (χ1n) is 6.22. The first kappa shape index (κ1) is 13.9. The maximum atomic E-state index is 11.6. The van der Waals surface area contributed by atoms with Gasteiger partial charge in [-0.15, -0.1) is 0 Å². The van der Waals surface area contributed by atoms with Gasteiger partial charge in [0.05, 0.1) is 17.5 Å². The molecular weight excluding hydrogens is 272 g/mol. The van der Waals surface area contributed by atoms with Gasteiger partial charge in [0, 0.05) is 18.2 Å². The minimum Gasteiger partial charge on any atom is -0.346 e. The number of aliphatic imine (C=N–C) groups is 1. The van der Waals surface area contributed by atoms with E-state index < -0.39 is 9.84 Å². The Kier molecular flexibility index (Phi) is 4.01. The predicted molar refractivity (Wildman–Crippen MR) is 73.6 cm³/mol. The summed E-state index contributed by atoms with van der Waals surface area (Å²) < 4.78 is 23.2. The number of hydrogen-bond acceptors (Lipinski definition) is 4. The molecule has 0 aromatic heterocycles. The minimum atomic E-state index is -2.91. The summed E-state index contributed by atoms with van der Waals surface area (Å²) in [6.45, 7) is 4.61. The molecule has 2 aliphatic rings. The predicted octanol–water partition coefficient (Wildman–Crippen LogP) is 0.903. The lowest BCUT2D eigenvalue weighted by Crippen LogP contribution is -2.37. The maximum absolute atomic E-state index is 11.6. The molecule has 0 unspecified atom stereocenters. The van der Waals surface area contributed by atoms with Crippen molar-refractivity contribution in [3.8, 4) is 0 Å². The summed E-state index contributed by atoms with van der Waals surface area (Å²) in [7, 11) is -2.91. The summed E-state index contributed by atoms with van der Waals surface area (Å²) in [6, 6.07) is -0.00169. The van der Waals surface area contributed by atoms with Gasteiger partial charge in [0.1, 0.15) is 0 Å². The van der Waals surface area contributed by atoms with Gasteiger partial charge in [0.15, 0.2) is 15.0 Å². The van der Waals surface area contributed by atoms with Crippen LogP contribution in [0.15, 0.2) is 4.99 Å². The van der Waals surface area contributed by atoms with Gasteiger partial charge in [-0.3, -0.25) is 4.79 Å². The molecule has 0 radical (unpaired) electrons. The van der Waals surface area contributed by atoms with Crippen LogP contribution in [-0.2, 0) is 14.6 Å². The molecule has 102 valence electrons. The van der Waals surface area contributed by atoms with E-state index in [9.17, 15) is 13.2 Å². The molecule has 2 fully saturated rings. The van der Waals surface area contributed by atoms with Crippen molar-refractivity contribution in [1.82, 2.24) is 4.90 Å². The highest BCUT2D eigenvalue weighted by Gasteiger charge is 2.48. The van der Waals surface area contributed by atoms with Gasteiger partial charge in [-0.1, -0.05) is 18.7 Å². The molecule has 7 heteroatoms. The monoisotopic (exact) mass is 290 g/mol. The number of amides is 1. The smallest absolute Gasteiger partial charge is 0.248 e. The topological polar surface area (TPSA) is 66.8 Å². The molecule has 2 heterocycles. The Bertz CT molecular complexity index is 473. The number of fused-ring (bicyclic) bond motifs is 1. The zero-order valence-electron chi connectivity index (χ0n) is 10.6. The fourth-order valence-electron chi connectivity index (χ4n) is 2.38. The maximum Gasteiger partial charge on any atom is 0.248 e. The molecule has 2 saturated heterocycles. The average Bonchev–Trinajstić information content (AvgIpc) is 2.69. The van der Waals surface area contributed by atoms with Gasteiger partial charge >= 0.3 is 0 Å². The first-order chi connectivity index (χ1) is 8.46. The summed E-state index contributed by atoms with van der Waals surface area (Å²) in [6.07, 6.45) is 1.24. The van der Waals surface area contributed by atoms with E-state index in [1.165, 1.54) is 11.8 Å². The van der Waals surface area contributed by atoms with Crippen LogP contribution in [0.2, 0.25) is 0 Å². The van der Waals surface area contributed by atoms with Crippen molar-refractivity contribution in [2.45, 2.75) is 38.0 Å². The Morgan fingerprint density at radius 1 is 1.44 bits per heavy atom. The number of hydrogen-bond donors (Lipinski definition) is 0. The van der Waals surface area contributed by atoms with Crippen molar-refractivity contribution in [1.29, 1.82) is 0 Å². The molecule has 0 saturated carbocycles. The van der Waals surface area contributed by atoms with Crippen LogP contribution in [0.3, 0.4) is 0 Å². The average molecular weight is 290 g/mol. The van der Waals surface area contributed by atoms with Crippen molar-refractivity contribution < 1.29 is 13.2 Å². The number of nitrogens with zero attached hydrogens (tertiary/aromatic N) is 2. The lowest BCUT2D eigenvalue weighted by Gasteiger charge is -2.22. The van der Waals surface area contributed by atoms with Crippen LogP contribution in [0.5, 0.6) is 0 Å². The van der Waals surface area contributed by atoms with Crippen LogP contribution in [0.4, 0.5) is 0 Å². The van der Waals surface area contributed by atoms with Crippen molar-refractivity contribution in [2.75, 3.05) is 18.1 Å². The number of sulfone groups is 1. The third-order valence-corrected chi connectivity index (χ3v) is 6.45. The van der Waals surface area contributed by atoms with E-state index in [0.717, 1.165) is 6.42 Å². The zero-order valence-corrected chi connectivity index (χ0v) is 12.3. The molecule has 0 N–H and O–H groups in total. The van der Waals surface area contributed by atoms with Crippen LogP contribution < -0.4 is 0 Å². The summed E-state index contributed by atoms with van der Waals surface area (Å²) in [4.78, 5) is 17.6. The molecule has 5 nitrogen and oxygen atoms in total. The Balaban J connectivity index is 2.16. The molecule has 2 rings (SSSR count). The van der Waals surface area contributed by atoms with Gasteiger partial charge in [-0.25, -0.2) is 8.42 Å². The third-order valence-electron chi connectivity index (χ3n) is 3.20. The highest BCUT2D eigenvalue weighted by Crippen LogP contribution is 2.37. The summed E-state index contributed by atoms with van der Waals surface area (Å²) in [5.74, 6) is 0.292. The molecule has 2 aliphatic heterocycles. The number of thioether (sulfide) groups is 1. The Morgan fingerprint density at radius 2 is 2.17 bits per heavy atom. The van der Waals surface area contributed by atoms with Crippen LogP contribution in [-0.4, -0.2) is 53.7 Å². The highest BCUT2D eigenvalue weighted by atomic mass is 32.2. The largest absolute Gasteiger partial charge is 0.346 e. The molecule has 0 spiro atoms. The number of amidine groups is 1. The fraction of sp³-hybridized carbons (Fsp3) is 0.818. The summed E-state index contributed by atoms with van der Waals surface area (Å²) >= 11 is 1.45. The third kappa shape index (κ3) is 2.71. The second kappa shape index (κ2) is 5.21. The van der Waals surface area contributed by atoms with E-state index in [1.54, 1.807) is 0 Å². The second-order valence-corrected chi connectivity index (χ2v) is 7.98. The lowest BCUT2D eigenvalue weighted by molar-refractivity contribution is -0.117. The van der Waals surface area contributed by atoms with Gasteiger partial charge < -0.3 is 4.90 Å². The standard InChI is InChI=1S/C11H18N2O3S2/c1-3-5-10(14)12-11-13(4-2)8-6-18(15,16)7-9(8)17-11/h8-9H,3-7H2,1-2H3/t8-,9-/m1/s1. The number of rotatable bonds is 3. The van der Waals surface area contributed by atoms with Crippen LogP contribution in [0.25, 0.3) is 0 Å².